The van der Waals surface area contributed by atoms with E-state index in [4.69, 9.17) is 4.74 Å². The van der Waals surface area contributed by atoms with Crippen LogP contribution in [0.15, 0.2) is 53.3 Å². The van der Waals surface area contributed by atoms with E-state index in [1.165, 1.54) is 0 Å². The number of fused-ring (bicyclic) bond motifs is 1. The largest absolute Gasteiger partial charge is 0.497 e. The van der Waals surface area contributed by atoms with Crippen molar-refractivity contribution in [2.45, 2.75) is 0 Å². The minimum atomic E-state index is -0.0922. The lowest BCUT2D eigenvalue weighted by atomic mass is 10.1. The zero-order chi connectivity index (χ0) is 15.7. The molecule has 3 rings (SSSR count). The molecule has 1 heterocycles. The molecular weight excluding hydrogens is 276 g/mol. The van der Waals surface area contributed by atoms with Crippen molar-refractivity contribution in [1.82, 2.24) is 4.98 Å². The molecule has 22 heavy (non-hydrogen) atoms. The van der Waals surface area contributed by atoms with Crippen LogP contribution in [0.25, 0.3) is 22.0 Å². The van der Waals surface area contributed by atoms with Gasteiger partial charge in [0.2, 0.25) is 0 Å². The van der Waals surface area contributed by atoms with Crippen molar-refractivity contribution in [3.05, 3.63) is 58.9 Å². The highest BCUT2D eigenvalue weighted by Gasteiger charge is 2.06. The summed E-state index contributed by atoms with van der Waals surface area (Å²) in [4.78, 5) is 17.3. The minimum Gasteiger partial charge on any atom is -0.497 e. The molecule has 1 aromatic heterocycles. The first-order chi connectivity index (χ1) is 10.6. The Balaban J connectivity index is 2.19. The third-order valence-electron chi connectivity index (χ3n) is 3.72. The van der Waals surface area contributed by atoms with Gasteiger partial charge in [-0.05, 0) is 41.8 Å². The summed E-state index contributed by atoms with van der Waals surface area (Å²) in [5.41, 5.74) is 2.77. The van der Waals surface area contributed by atoms with E-state index in [1.807, 2.05) is 49.3 Å². The lowest BCUT2D eigenvalue weighted by Gasteiger charge is -2.14. The summed E-state index contributed by atoms with van der Waals surface area (Å²) in [6.07, 6.45) is 0. The topological polar surface area (TPSA) is 45.3 Å². The van der Waals surface area contributed by atoms with Gasteiger partial charge in [0.1, 0.15) is 5.75 Å². The maximum Gasteiger partial charge on any atom is 0.256 e. The van der Waals surface area contributed by atoms with Crippen LogP contribution >= 0.6 is 0 Å². The lowest BCUT2D eigenvalue weighted by molar-refractivity contribution is 0.415. The van der Waals surface area contributed by atoms with Crippen molar-refractivity contribution in [3.8, 4) is 17.0 Å². The van der Waals surface area contributed by atoms with Crippen LogP contribution in [0.3, 0.4) is 0 Å². The Bertz CT molecular complexity index is 882. The normalized spacial score (nSPS) is 10.7. The highest BCUT2D eigenvalue weighted by atomic mass is 16.5. The number of nitrogens with zero attached hydrogens (tertiary/aromatic N) is 1. The number of nitrogens with one attached hydrogen (secondary N) is 1. The van der Waals surface area contributed by atoms with Crippen LogP contribution in [0.5, 0.6) is 5.75 Å². The first-order valence-corrected chi connectivity index (χ1v) is 7.07. The zero-order valence-electron chi connectivity index (χ0n) is 12.9. The molecule has 0 spiro atoms. The third-order valence-corrected chi connectivity index (χ3v) is 3.72. The standard InChI is InChI=1S/C18H18N2O2/c1-20(2)14-6-4-5-12(9-14)17-11-13-10-15(22-3)7-8-16(13)18(21)19-17/h4-11H,1-3H3,(H,19,21). The lowest BCUT2D eigenvalue weighted by Crippen LogP contribution is -2.09. The van der Waals surface area contributed by atoms with E-state index in [9.17, 15) is 4.79 Å². The monoisotopic (exact) mass is 294 g/mol. The van der Waals surface area contributed by atoms with Gasteiger partial charge >= 0.3 is 0 Å². The van der Waals surface area contributed by atoms with E-state index in [-0.39, 0.29) is 5.56 Å². The van der Waals surface area contributed by atoms with E-state index in [0.717, 1.165) is 28.1 Å². The van der Waals surface area contributed by atoms with E-state index in [1.54, 1.807) is 19.2 Å². The molecule has 0 amide bonds. The fourth-order valence-corrected chi connectivity index (χ4v) is 2.48. The van der Waals surface area contributed by atoms with Gasteiger partial charge in [0, 0.05) is 36.4 Å². The van der Waals surface area contributed by atoms with Gasteiger partial charge < -0.3 is 14.6 Å². The zero-order valence-corrected chi connectivity index (χ0v) is 12.9. The summed E-state index contributed by atoms with van der Waals surface area (Å²) in [5.74, 6) is 0.742. The van der Waals surface area contributed by atoms with Gasteiger partial charge in [-0.2, -0.15) is 0 Å². The van der Waals surface area contributed by atoms with E-state index >= 15 is 0 Å². The van der Waals surface area contributed by atoms with Crippen LogP contribution in [-0.4, -0.2) is 26.2 Å². The maximum atomic E-state index is 12.3. The van der Waals surface area contributed by atoms with Gasteiger partial charge in [-0.25, -0.2) is 0 Å². The molecule has 0 unspecified atom stereocenters. The molecule has 0 atom stereocenters. The number of methoxy groups -OCH3 is 1. The number of hydrogen-bond acceptors (Lipinski definition) is 3. The summed E-state index contributed by atoms with van der Waals surface area (Å²) in [7, 11) is 5.61. The molecule has 4 heteroatoms. The average Bonchev–Trinajstić information content (AvgIpc) is 2.54. The van der Waals surface area contributed by atoms with Crippen molar-refractivity contribution in [1.29, 1.82) is 0 Å². The highest BCUT2D eigenvalue weighted by Crippen LogP contribution is 2.25. The number of rotatable bonds is 3. The molecular formula is C18H18N2O2. The van der Waals surface area contributed by atoms with Gasteiger partial charge in [0.05, 0.1) is 7.11 Å². The van der Waals surface area contributed by atoms with Crippen molar-refractivity contribution in [2.75, 3.05) is 26.1 Å². The number of aromatic nitrogens is 1. The molecule has 3 aromatic rings. The SMILES string of the molecule is COc1ccc2c(=O)[nH]c(-c3cccc(N(C)C)c3)cc2c1. The predicted molar refractivity (Wildman–Crippen MR) is 90.9 cm³/mol. The maximum absolute atomic E-state index is 12.3. The quantitative estimate of drug-likeness (QED) is 0.806. The molecule has 4 nitrogen and oxygen atoms in total. The second kappa shape index (κ2) is 5.56. The van der Waals surface area contributed by atoms with Crippen molar-refractivity contribution in [2.24, 2.45) is 0 Å². The van der Waals surface area contributed by atoms with E-state index in [0.29, 0.717) is 5.39 Å². The molecule has 0 aliphatic carbocycles. The summed E-state index contributed by atoms with van der Waals surface area (Å²) in [6.45, 7) is 0. The Morgan fingerprint density at radius 3 is 2.59 bits per heavy atom. The van der Waals surface area contributed by atoms with Crippen molar-refractivity contribution < 1.29 is 4.74 Å². The Hall–Kier alpha value is -2.75. The molecule has 0 bridgehead atoms. The first-order valence-electron chi connectivity index (χ1n) is 7.07. The Labute approximate surface area is 129 Å². The number of benzene rings is 2. The molecule has 0 aliphatic heterocycles. The predicted octanol–water partition coefficient (Wildman–Crippen LogP) is 3.27. The van der Waals surface area contributed by atoms with Gasteiger partial charge in [0.25, 0.3) is 5.56 Å². The molecule has 0 saturated carbocycles. The molecule has 0 radical (unpaired) electrons. The number of aromatic amines is 1. The van der Waals surface area contributed by atoms with Crippen molar-refractivity contribution >= 4 is 16.5 Å². The number of H-pyrrole nitrogens is 1. The van der Waals surface area contributed by atoms with Gasteiger partial charge in [-0.1, -0.05) is 12.1 Å². The summed E-state index contributed by atoms with van der Waals surface area (Å²) >= 11 is 0. The fourth-order valence-electron chi connectivity index (χ4n) is 2.48. The summed E-state index contributed by atoms with van der Waals surface area (Å²) in [6, 6.07) is 15.5. The highest BCUT2D eigenvalue weighted by molar-refractivity contribution is 5.86. The van der Waals surface area contributed by atoms with Crippen LogP contribution in [0.4, 0.5) is 5.69 Å². The smallest absolute Gasteiger partial charge is 0.256 e. The number of pyridine rings is 1. The van der Waals surface area contributed by atoms with Crippen LogP contribution in [0.2, 0.25) is 0 Å². The minimum absolute atomic E-state index is 0.0922. The number of hydrogen-bond donors (Lipinski definition) is 1. The van der Waals surface area contributed by atoms with Crippen LogP contribution < -0.4 is 15.2 Å². The molecule has 0 saturated heterocycles. The van der Waals surface area contributed by atoms with Gasteiger partial charge in [0.15, 0.2) is 0 Å². The van der Waals surface area contributed by atoms with E-state index in [2.05, 4.69) is 11.1 Å². The molecule has 2 aromatic carbocycles. The third kappa shape index (κ3) is 2.55. The van der Waals surface area contributed by atoms with Crippen LogP contribution in [0.1, 0.15) is 0 Å². The van der Waals surface area contributed by atoms with Crippen LogP contribution in [0, 0.1) is 0 Å². The summed E-state index contributed by atoms with van der Waals surface area (Å²) < 4.78 is 5.24. The number of anilines is 1. The van der Waals surface area contributed by atoms with E-state index < -0.39 is 0 Å². The Morgan fingerprint density at radius 1 is 1.05 bits per heavy atom. The molecule has 112 valence electrons. The fraction of sp³-hybridized carbons (Fsp3) is 0.167. The van der Waals surface area contributed by atoms with Crippen molar-refractivity contribution in [3.63, 3.8) is 0 Å². The Kier molecular flexibility index (Phi) is 3.59. The molecule has 0 fully saturated rings. The van der Waals surface area contributed by atoms with Gasteiger partial charge in [-0.15, -0.1) is 0 Å². The summed E-state index contributed by atoms with van der Waals surface area (Å²) in [5, 5.41) is 1.53. The Morgan fingerprint density at radius 2 is 1.86 bits per heavy atom. The average molecular weight is 294 g/mol. The molecule has 1 N–H and O–H groups in total. The van der Waals surface area contributed by atoms with Crippen LogP contribution in [-0.2, 0) is 0 Å². The first kappa shape index (κ1) is 14.2. The second-order valence-corrected chi connectivity index (χ2v) is 5.41. The number of ether oxygens (including phenoxy) is 1. The molecule has 0 aliphatic rings. The second-order valence-electron chi connectivity index (χ2n) is 5.41. The van der Waals surface area contributed by atoms with Gasteiger partial charge in [-0.3, -0.25) is 4.79 Å².